The average Bonchev–Trinajstić information content (AvgIpc) is 3.55. The number of ether oxygens (including phenoxy) is 1. The van der Waals surface area contributed by atoms with E-state index in [0.29, 0.717) is 51.5 Å². The summed E-state index contributed by atoms with van der Waals surface area (Å²) in [4.78, 5) is 4.95. The number of hydrogen-bond donors (Lipinski definition) is 2. The molecule has 0 atom stereocenters. The van der Waals surface area contributed by atoms with E-state index >= 15 is 0 Å². The Morgan fingerprint density at radius 2 is 1.68 bits per heavy atom. The van der Waals surface area contributed by atoms with Gasteiger partial charge in [0.15, 0.2) is 0 Å². The van der Waals surface area contributed by atoms with E-state index in [1.807, 2.05) is 41.1 Å². The minimum absolute atomic E-state index is 0.347. The molecule has 0 radical (unpaired) electrons. The zero-order valence-electron chi connectivity index (χ0n) is 23.6. The first kappa shape index (κ1) is 29.6. The predicted molar refractivity (Wildman–Crippen MR) is 175 cm³/mol. The van der Waals surface area contributed by atoms with E-state index in [2.05, 4.69) is 42.0 Å². The van der Waals surface area contributed by atoms with Gasteiger partial charge in [-0.2, -0.15) is 8.42 Å². The molecular formula is C33H28Cl2N4O4S. The quantitative estimate of drug-likeness (QED) is 0.170. The van der Waals surface area contributed by atoms with E-state index in [9.17, 15) is 13.5 Å². The highest BCUT2D eigenvalue weighted by Crippen LogP contribution is 2.33. The van der Waals surface area contributed by atoms with Crippen molar-refractivity contribution in [2.75, 3.05) is 10.9 Å². The Kier molecular flexibility index (Phi) is 8.27. The highest BCUT2D eigenvalue weighted by Gasteiger charge is 2.29. The Bertz CT molecular complexity index is 1970. The van der Waals surface area contributed by atoms with E-state index in [-0.39, 0.29) is 0 Å². The second kappa shape index (κ2) is 12.3. The van der Waals surface area contributed by atoms with Crippen molar-refractivity contribution in [2.24, 2.45) is 0 Å². The number of anilines is 1. The van der Waals surface area contributed by atoms with Gasteiger partial charge >= 0.3 is 10.2 Å². The number of aromatic nitrogens is 2. The van der Waals surface area contributed by atoms with Crippen LogP contribution in [0.15, 0.2) is 109 Å². The largest absolute Gasteiger partial charge is 0.494 e. The molecule has 1 aliphatic heterocycles. The molecule has 44 heavy (non-hydrogen) atoms. The van der Waals surface area contributed by atoms with Gasteiger partial charge in [-0.3, -0.25) is 0 Å². The summed E-state index contributed by atoms with van der Waals surface area (Å²) in [6, 6.07) is 28.5. The molecule has 0 fully saturated rings. The summed E-state index contributed by atoms with van der Waals surface area (Å²) in [6.45, 7) is 2.75. The summed E-state index contributed by atoms with van der Waals surface area (Å²) in [7, 11) is -3.95. The highest BCUT2D eigenvalue weighted by atomic mass is 35.5. The molecule has 1 aromatic heterocycles. The van der Waals surface area contributed by atoms with Gasteiger partial charge in [0.1, 0.15) is 11.6 Å². The number of benzene rings is 4. The number of aliphatic hydroxyl groups is 1. The molecule has 224 valence electrons. The van der Waals surface area contributed by atoms with Gasteiger partial charge in [-0.05, 0) is 71.6 Å². The van der Waals surface area contributed by atoms with E-state index in [4.69, 9.17) is 32.9 Å². The average molecular weight is 648 g/mol. The maximum atomic E-state index is 12.5. The fraction of sp³-hybridized carbons (Fsp3) is 0.121. The van der Waals surface area contributed by atoms with E-state index in [1.165, 1.54) is 0 Å². The lowest BCUT2D eigenvalue weighted by atomic mass is 10.0. The lowest BCUT2D eigenvalue weighted by molar-refractivity contribution is 0.317. The second-order valence-electron chi connectivity index (χ2n) is 10.2. The Morgan fingerprint density at radius 1 is 0.909 bits per heavy atom. The number of rotatable bonds is 9. The van der Waals surface area contributed by atoms with Gasteiger partial charge in [-0.25, -0.2) is 14.0 Å². The fourth-order valence-electron chi connectivity index (χ4n) is 4.96. The van der Waals surface area contributed by atoms with Crippen molar-refractivity contribution in [3.05, 3.63) is 131 Å². The molecule has 0 unspecified atom stereocenters. The Morgan fingerprint density at radius 3 is 2.41 bits per heavy atom. The molecule has 0 bridgehead atoms. The van der Waals surface area contributed by atoms with Gasteiger partial charge in [-0.1, -0.05) is 72.6 Å². The number of aliphatic hydroxyl groups excluding tert-OH is 1. The number of nitrogens with zero attached hydrogens (tertiary/aromatic N) is 3. The zero-order chi connectivity index (χ0) is 30.8. The van der Waals surface area contributed by atoms with Crippen LogP contribution >= 0.6 is 23.2 Å². The Hall–Kier alpha value is -4.44. The van der Waals surface area contributed by atoms with Crippen LogP contribution in [0.3, 0.4) is 0 Å². The van der Waals surface area contributed by atoms with Gasteiger partial charge in [0.25, 0.3) is 0 Å². The summed E-state index contributed by atoms with van der Waals surface area (Å²) in [6.07, 6.45) is 4.42. The molecule has 4 aromatic carbocycles. The molecular weight excluding hydrogens is 619 g/mol. The van der Waals surface area contributed by atoms with Gasteiger partial charge in [-0.15, -0.1) is 0 Å². The van der Waals surface area contributed by atoms with Crippen molar-refractivity contribution in [3.8, 4) is 33.8 Å². The van der Waals surface area contributed by atoms with Crippen LogP contribution in [-0.4, -0.2) is 29.7 Å². The molecule has 6 rings (SSSR count). The highest BCUT2D eigenvalue weighted by molar-refractivity contribution is 7.91. The van der Waals surface area contributed by atoms with Crippen LogP contribution in [0, 0.1) is 0 Å². The predicted octanol–water partition coefficient (Wildman–Crippen LogP) is 7.90. The SMILES string of the molecule is CCCOc1cccc(-c2ccc(Cc3nc(-c4ccc(Cl)cc4Cl)cn3-c3cccc(N4C=C(O)NS4(=O)=O)c3)cc2)c1. The fourth-order valence-corrected chi connectivity index (χ4v) is 6.51. The van der Waals surface area contributed by atoms with Crippen LogP contribution in [0.4, 0.5) is 5.69 Å². The van der Waals surface area contributed by atoms with Crippen LogP contribution in [-0.2, 0) is 16.6 Å². The van der Waals surface area contributed by atoms with Gasteiger partial charge in [0.05, 0.1) is 29.2 Å². The molecule has 5 aromatic rings. The van der Waals surface area contributed by atoms with Crippen molar-refractivity contribution in [1.82, 2.24) is 14.3 Å². The Labute approximate surface area is 266 Å². The molecule has 1 aliphatic rings. The second-order valence-corrected chi connectivity index (χ2v) is 12.6. The summed E-state index contributed by atoms with van der Waals surface area (Å²) in [5.41, 5.74) is 5.54. The van der Waals surface area contributed by atoms with Crippen molar-refractivity contribution in [3.63, 3.8) is 0 Å². The third-order valence-electron chi connectivity index (χ3n) is 7.04. The van der Waals surface area contributed by atoms with Crippen molar-refractivity contribution in [1.29, 1.82) is 0 Å². The standard InChI is InChI=1S/C33H28Cl2N4O4S/c1-2-15-43-28-8-3-5-24(17-28)23-11-9-22(10-12-23)16-32-36-31(29-14-13-25(34)18-30(29)35)20-38(32)26-6-4-7-27(19-26)39-21-33(40)37-44(39,41)42/h3-14,17-21,37,40H,2,15-16H2,1H3. The summed E-state index contributed by atoms with van der Waals surface area (Å²) < 4.78 is 35.8. The van der Waals surface area contributed by atoms with Crippen molar-refractivity contribution >= 4 is 39.1 Å². The van der Waals surface area contributed by atoms with Crippen molar-refractivity contribution in [2.45, 2.75) is 19.8 Å². The van der Waals surface area contributed by atoms with E-state index in [1.54, 1.807) is 30.3 Å². The summed E-state index contributed by atoms with van der Waals surface area (Å²) >= 11 is 12.7. The molecule has 0 amide bonds. The first-order valence-corrected chi connectivity index (χ1v) is 16.1. The van der Waals surface area contributed by atoms with Crippen LogP contribution in [0.25, 0.3) is 28.1 Å². The molecule has 0 spiro atoms. The van der Waals surface area contributed by atoms with Gasteiger partial charge in [0, 0.05) is 28.9 Å². The molecule has 0 saturated carbocycles. The minimum Gasteiger partial charge on any atom is -0.494 e. The summed E-state index contributed by atoms with van der Waals surface area (Å²) in [5, 5.41) is 10.8. The summed E-state index contributed by atoms with van der Waals surface area (Å²) in [5.74, 6) is 1.10. The number of halogens is 2. The lowest BCUT2D eigenvalue weighted by Gasteiger charge is -2.16. The molecule has 0 aliphatic carbocycles. The third-order valence-corrected chi connectivity index (χ3v) is 8.89. The van der Waals surface area contributed by atoms with Crippen LogP contribution in [0.2, 0.25) is 10.0 Å². The zero-order valence-corrected chi connectivity index (χ0v) is 25.9. The van der Waals surface area contributed by atoms with E-state index in [0.717, 1.165) is 39.4 Å². The number of hydrogen-bond acceptors (Lipinski definition) is 5. The van der Waals surface area contributed by atoms with Gasteiger partial charge in [0.2, 0.25) is 5.88 Å². The lowest BCUT2D eigenvalue weighted by Crippen LogP contribution is -2.29. The van der Waals surface area contributed by atoms with Crippen LogP contribution in [0.5, 0.6) is 5.75 Å². The molecule has 2 N–H and O–H groups in total. The van der Waals surface area contributed by atoms with Crippen LogP contribution in [0.1, 0.15) is 24.7 Å². The van der Waals surface area contributed by atoms with Crippen molar-refractivity contribution < 1.29 is 18.3 Å². The monoisotopic (exact) mass is 646 g/mol. The first-order valence-electron chi connectivity index (χ1n) is 13.9. The normalized spacial score (nSPS) is 13.9. The number of nitrogens with one attached hydrogen (secondary N) is 1. The van der Waals surface area contributed by atoms with E-state index < -0.39 is 16.1 Å². The maximum absolute atomic E-state index is 12.5. The minimum atomic E-state index is -3.95. The maximum Gasteiger partial charge on any atom is 0.330 e. The van der Waals surface area contributed by atoms with Crippen LogP contribution < -0.4 is 13.8 Å². The number of imidazole rings is 1. The third kappa shape index (κ3) is 6.26. The molecule has 8 nitrogen and oxygen atoms in total. The molecule has 11 heteroatoms. The Balaban J connectivity index is 1.36. The smallest absolute Gasteiger partial charge is 0.330 e. The van der Waals surface area contributed by atoms with Gasteiger partial charge < -0.3 is 14.4 Å². The topological polar surface area (TPSA) is 96.7 Å². The molecule has 0 saturated heterocycles. The molecule has 2 heterocycles. The first-order chi connectivity index (χ1) is 21.2.